The van der Waals surface area contributed by atoms with E-state index >= 15 is 0 Å². The Morgan fingerprint density at radius 2 is 1.59 bits per heavy atom. The van der Waals surface area contributed by atoms with Crippen LogP contribution in [0.3, 0.4) is 0 Å². The normalized spacial score (nSPS) is 12.2. The zero-order chi connectivity index (χ0) is 13.5. The Hall–Kier alpha value is -0.200. The molecule has 0 fully saturated rings. The van der Waals surface area contributed by atoms with Gasteiger partial charge in [-0.25, -0.2) is 0 Å². The van der Waals surface area contributed by atoms with E-state index in [0.29, 0.717) is 32.3 Å². The van der Waals surface area contributed by atoms with Gasteiger partial charge in [-0.3, -0.25) is 0 Å². The summed E-state index contributed by atoms with van der Waals surface area (Å²) in [5.41, 5.74) is 0. The molecule has 0 spiro atoms. The fourth-order valence-corrected chi connectivity index (χ4v) is 0.783. The number of aliphatic hydroxyl groups excluding tert-OH is 2. The molecule has 0 saturated carbocycles. The van der Waals surface area contributed by atoms with Crippen LogP contribution in [0.25, 0.3) is 0 Å². The lowest BCUT2D eigenvalue weighted by Gasteiger charge is -2.07. The summed E-state index contributed by atoms with van der Waals surface area (Å²) in [5.74, 6) is 0.559. The van der Waals surface area contributed by atoms with E-state index in [1.165, 1.54) is 0 Å². The number of rotatable bonds is 9. The summed E-state index contributed by atoms with van der Waals surface area (Å²) in [6.45, 7) is 8.75. The number of aliphatic hydroxyl groups is 2. The molecule has 0 aromatic heterocycles. The molecule has 5 nitrogen and oxygen atoms in total. The molecule has 106 valence electrons. The Kier molecular flexibility index (Phi) is 17.8. The van der Waals surface area contributed by atoms with Crippen molar-refractivity contribution in [2.24, 2.45) is 5.92 Å². The highest BCUT2D eigenvalue weighted by Gasteiger charge is 1.96. The quantitative estimate of drug-likeness (QED) is 0.591. The van der Waals surface area contributed by atoms with Crippen molar-refractivity contribution in [2.75, 3.05) is 46.8 Å². The van der Waals surface area contributed by atoms with Crippen molar-refractivity contribution in [3.05, 3.63) is 0 Å². The highest BCUT2D eigenvalue weighted by atomic mass is 16.5. The van der Waals surface area contributed by atoms with Crippen LogP contribution in [0.15, 0.2) is 0 Å². The van der Waals surface area contributed by atoms with Gasteiger partial charge >= 0.3 is 0 Å². The smallest absolute Gasteiger partial charge is 0.0745 e. The van der Waals surface area contributed by atoms with Gasteiger partial charge in [0.05, 0.1) is 39.1 Å². The molecule has 0 aliphatic rings. The molecule has 0 aromatic carbocycles. The van der Waals surface area contributed by atoms with Crippen LogP contribution >= 0.6 is 0 Å². The number of hydrogen-bond acceptors (Lipinski definition) is 5. The molecular formula is C12H28O5. The maximum Gasteiger partial charge on any atom is 0.0745 e. The van der Waals surface area contributed by atoms with E-state index < -0.39 is 0 Å². The van der Waals surface area contributed by atoms with Crippen molar-refractivity contribution in [1.82, 2.24) is 0 Å². The summed E-state index contributed by atoms with van der Waals surface area (Å²) in [4.78, 5) is 0. The van der Waals surface area contributed by atoms with Gasteiger partial charge in [0.15, 0.2) is 0 Å². The minimum atomic E-state index is -0.330. The van der Waals surface area contributed by atoms with Crippen molar-refractivity contribution in [1.29, 1.82) is 0 Å². The van der Waals surface area contributed by atoms with E-state index in [2.05, 4.69) is 18.6 Å². The Balaban J connectivity index is 0. The first kappa shape index (κ1) is 19.1. The Bertz CT molecular complexity index is 114. The number of hydrogen-bond donors (Lipinski definition) is 2. The first-order valence-electron chi connectivity index (χ1n) is 5.97. The topological polar surface area (TPSA) is 68.2 Å². The third kappa shape index (κ3) is 25.8. The van der Waals surface area contributed by atoms with Gasteiger partial charge in [0.25, 0.3) is 0 Å². The molecule has 0 aliphatic heterocycles. The molecule has 0 amide bonds. The molecular weight excluding hydrogens is 224 g/mol. The molecule has 17 heavy (non-hydrogen) atoms. The van der Waals surface area contributed by atoms with Crippen LogP contribution in [0.1, 0.15) is 20.8 Å². The summed E-state index contributed by atoms with van der Waals surface area (Å²) in [6.07, 6.45) is -0.330. The molecule has 0 radical (unpaired) electrons. The van der Waals surface area contributed by atoms with Gasteiger partial charge in [-0.1, -0.05) is 13.8 Å². The fraction of sp³-hybridized carbons (Fsp3) is 1.00. The largest absolute Gasteiger partial charge is 0.394 e. The summed E-state index contributed by atoms with van der Waals surface area (Å²) in [7, 11) is 1.61. The van der Waals surface area contributed by atoms with Crippen molar-refractivity contribution in [2.45, 2.75) is 26.9 Å². The lowest BCUT2D eigenvalue weighted by Crippen LogP contribution is -2.13. The van der Waals surface area contributed by atoms with Crippen LogP contribution in [-0.2, 0) is 14.2 Å². The van der Waals surface area contributed by atoms with Crippen LogP contribution in [0.5, 0.6) is 0 Å². The van der Waals surface area contributed by atoms with Crippen molar-refractivity contribution >= 4 is 0 Å². The zero-order valence-corrected chi connectivity index (χ0v) is 11.5. The molecule has 0 bridgehead atoms. The predicted octanol–water partition coefficient (Wildman–Crippen LogP) is 0.681. The molecule has 2 N–H and O–H groups in total. The SMILES string of the molecule is CC(C)COCC(C)O.COCCOCCO. The van der Waals surface area contributed by atoms with Crippen LogP contribution in [0.2, 0.25) is 0 Å². The van der Waals surface area contributed by atoms with Crippen LogP contribution in [0, 0.1) is 5.92 Å². The fourth-order valence-electron chi connectivity index (χ4n) is 0.783. The third-order valence-corrected chi connectivity index (χ3v) is 1.48. The van der Waals surface area contributed by atoms with Gasteiger partial charge in [-0.05, 0) is 12.8 Å². The van der Waals surface area contributed by atoms with Crippen molar-refractivity contribution in [3.63, 3.8) is 0 Å². The summed E-state index contributed by atoms with van der Waals surface area (Å²) in [6, 6.07) is 0. The highest BCUT2D eigenvalue weighted by molar-refractivity contribution is 4.43. The molecule has 0 aromatic rings. The maximum atomic E-state index is 8.74. The standard InChI is InChI=1S/C7H16O2.C5H12O3/c1-6(2)4-9-5-7(3)8;1-7-4-5-8-3-2-6/h6-8H,4-5H2,1-3H3;6H,2-5H2,1H3. The van der Waals surface area contributed by atoms with E-state index in [9.17, 15) is 0 Å². The van der Waals surface area contributed by atoms with Gasteiger partial charge in [0, 0.05) is 13.7 Å². The minimum absolute atomic E-state index is 0.0870. The third-order valence-electron chi connectivity index (χ3n) is 1.48. The van der Waals surface area contributed by atoms with Crippen molar-refractivity contribution < 1.29 is 24.4 Å². The van der Waals surface area contributed by atoms with E-state index in [0.717, 1.165) is 6.61 Å². The van der Waals surface area contributed by atoms with Gasteiger partial charge in [0.1, 0.15) is 0 Å². The predicted molar refractivity (Wildman–Crippen MR) is 67.1 cm³/mol. The highest BCUT2D eigenvalue weighted by Crippen LogP contribution is 1.92. The molecule has 1 unspecified atom stereocenters. The average molecular weight is 252 g/mol. The minimum Gasteiger partial charge on any atom is -0.394 e. The molecule has 0 rings (SSSR count). The summed E-state index contributed by atoms with van der Waals surface area (Å²) >= 11 is 0. The first-order valence-corrected chi connectivity index (χ1v) is 5.97. The maximum absolute atomic E-state index is 8.74. The number of ether oxygens (including phenoxy) is 3. The van der Waals surface area contributed by atoms with E-state index in [1.807, 2.05) is 0 Å². The Morgan fingerprint density at radius 1 is 0.941 bits per heavy atom. The van der Waals surface area contributed by atoms with E-state index in [1.54, 1.807) is 14.0 Å². The Morgan fingerprint density at radius 3 is 2.00 bits per heavy atom. The van der Waals surface area contributed by atoms with Gasteiger partial charge < -0.3 is 24.4 Å². The molecule has 1 atom stereocenters. The molecule has 0 aliphatic carbocycles. The average Bonchev–Trinajstić information content (AvgIpc) is 2.24. The lowest BCUT2D eigenvalue weighted by atomic mass is 10.2. The van der Waals surface area contributed by atoms with Crippen LogP contribution in [-0.4, -0.2) is 63.1 Å². The van der Waals surface area contributed by atoms with E-state index in [4.69, 9.17) is 19.7 Å². The summed E-state index contributed by atoms with van der Waals surface area (Å²) in [5, 5.41) is 16.9. The monoisotopic (exact) mass is 252 g/mol. The van der Waals surface area contributed by atoms with Gasteiger partial charge in [-0.2, -0.15) is 0 Å². The molecule has 0 heterocycles. The zero-order valence-electron chi connectivity index (χ0n) is 11.5. The second-order valence-corrected chi connectivity index (χ2v) is 4.11. The molecule has 0 saturated heterocycles. The lowest BCUT2D eigenvalue weighted by molar-refractivity contribution is 0.0344. The second-order valence-electron chi connectivity index (χ2n) is 4.11. The summed E-state index contributed by atoms with van der Waals surface area (Å²) < 4.78 is 14.6. The van der Waals surface area contributed by atoms with E-state index in [-0.39, 0.29) is 12.7 Å². The first-order chi connectivity index (χ1) is 8.04. The number of methoxy groups -OCH3 is 1. The van der Waals surface area contributed by atoms with Gasteiger partial charge in [0.2, 0.25) is 0 Å². The van der Waals surface area contributed by atoms with Crippen molar-refractivity contribution in [3.8, 4) is 0 Å². The van der Waals surface area contributed by atoms with Crippen LogP contribution < -0.4 is 0 Å². The second kappa shape index (κ2) is 15.8. The molecule has 5 heteroatoms. The Labute approximate surface area is 105 Å². The van der Waals surface area contributed by atoms with Crippen LogP contribution in [0.4, 0.5) is 0 Å². The van der Waals surface area contributed by atoms with Gasteiger partial charge in [-0.15, -0.1) is 0 Å².